The molecule has 15 heavy (non-hydrogen) atoms. The normalized spacial score (nSPS) is 12.1. The van der Waals surface area contributed by atoms with Crippen LogP contribution in [0.1, 0.15) is 5.56 Å². The Bertz CT molecular complexity index is 428. The second-order valence-corrected chi connectivity index (χ2v) is 4.80. The van der Waals surface area contributed by atoms with Gasteiger partial charge in [0.2, 0.25) is 6.19 Å². The van der Waals surface area contributed by atoms with Crippen molar-refractivity contribution in [2.45, 2.75) is 5.75 Å². The highest BCUT2D eigenvalue weighted by Crippen LogP contribution is 2.22. The van der Waals surface area contributed by atoms with E-state index in [1.807, 2.05) is 12.3 Å². The summed E-state index contributed by atoms with van der Waals surface area (Å²) in [5.74, 6) is 1.22. The molecule has 0 amide bonds. The number of pyridine rings is 1. The van der Waals surface area contributed by atoms with Crippen LogP contribution >= 0.6 is 11.6 Å². The van der Waals surface area contributed by atoms with E-state index in [-0.39, 0.29) is 10.7 Å². The number of hydrogen-bond donors (Lipinski definition) is 0. The average Bonchev–Trinajstić information content (AvgIpc) is 2.21. The molecule has 0 aliphatic carbocycles. The van der Waals surface area contributed by atoms with E-state index in [1.54, 1.807) is 12.4 Å². The van der Waals surface area contributed by atoms with Crippen molar-refractivity contribution in [3.63, 3.8) is 0 Å². The smallest absolute Gasteiger partial charge is 0.212 e. The molecule has 0 saturated carbocycles. The first kappa shape index (κ1) is 12.0. The number of rotatable bonds is 3. The lowest BCUT2D eigenvalue weighted by Crippen LogP contribution is -1.95. The molecule has 1 aromatic heterocycles. The molecule has 0 aliphatic heterocycles. The Balaban J connectivity index is 2.89. The van der Waals surface area contributed by atoms with Crippen molar-refractivity contribution in [1.82, 2.24) is 4.98 Å². The van der Waals surface area contributed by atoms with Crippen molar-refractivity contribution >= 4 is 22.3 Å². The SMILES string of the molecule is COc1cc(CS(C)=NC#N)cnc1Cl. The van der Waals surface area contributed by atoms with E-state index in [2.05, 4.69) is 9.35 Å². The number of nitrogens with zero attached hydrogens (tertiary/aromatic N) is 3. The van der Waals surface area contributed by atoms with Gasteiger partial charge < -0.3 is 4.74 Å². The molecule has 1 aromatic rings. The quantitative estimate of drug-likeness (QED) is 0.604. The van der Waals surface area contributed by atoms with Gasteiger partial charge >= 0.3 is 0 Å². The fourth-order valence-electron chi connectivity index (χ4n) is 1.03. The maximum Gasteiger partial charge on any atom is 0.212 e. The van der Waals surface area contributed by atoms with Gasteiger partial charge in [0, 0.05) is 11.9 Å². The lowest BCUT2D eigenvalue weighted by Gasteiger charge is -2.05. The number of hydrogen-bond acceptors (Lipinski definition) is 4. The van der Waals surface area contributed by atoms with E-state index in [1.165, 1.54) is 7.11 Å². The topological polar surface area (TPSA) is 58.3 Å². The predicted octanol–water partition coefficient (Wildman–Crippen LogP) is 2.16. The standard InChI is InChI=1S/C9H10ClN3OS/c1-14-8-3-7(4-12-9(8)10)5-15(2)13-6-11/h3-4H,5H2,1-2H3. The monoisotopic (exact) mass is 243 g/mol. The summed E-state index contributed by atoms with van der Waals surface area (Å²) >= 11 is 5.78. The largest absolute Gasteiger partial charge is 0.494 e. The summed E-state index contributed by atoms with van der Waals surface area (Å²) in [5, 5.41) is 8.73. The molecule has 1 unspecified atom stereocenters. The van der Waals surface area contributed by atoms with Crippen molar-refractivity contribution in [3.8, 4) is 11.9 Å². The van der Waals surface area contributed by atoms with E-state index in [9.17, 15) is 0 Å². The highest BCUT2D eigenvalue weighted by molar-refractivity contribution is 7.85. The summed E-state index contributed by atoms with van der Waals surface area (Å²) in [6.07, 6.45) is 5.35. The molecule has 6 heteroatoms. The zero-order valence-electron chi connectivity index (χ0n) is 8.40. The Morgan fingerprint density at radius 2 is 2.47 bits per heavy atom. The summed E-state index contributed by atoms with van der Waals surface area (Å²) in [6.45, 7) is 0. The van der Waals surface area contributed by atoms with E-state index >= 15 is 0 Å². The van der Waals surface area contributed by atoms with Crippen molar-refractivity contribution in [1.29, 1.82) is 5.26 Å². The Morgan fingerprint density at radius 3 is 3.07 bits per heavy atom. The van der Waals surface area contributed by atoms with Crippen LogP contribution in [0.4, 0.5) is 0 Å². The predicted molar refractivity (Wildman–Crippen MR) is 60.8 cm³/mol. The van der Waals surface area contributed by atoms with Crippen LogP contribution in [-0.2, 0) is 16.4 Å². The first-order valence-corrected chi connectivity index (χ1v) is 6.22. The molecule has 1 atom stereocenters. The number of nitriles is 1. The molecular weight excluding hydrogens is 234 g/mol. The summed E-state index contributed by atoms with van der Waals surface area (Å²) in [6, 6.07) is 1.81. The van der Waals surface area contributed by atoms with Gasteiger partial charge in [-0.3, -0.25) is 0 Å². The Morgan fingerprint density at radius 1 is 1.73 bits per heavy atom. The first-order valence-electron chi connectivity index (χ1n) is 4.08. The lowest BCUT2D eigenvalue weighted by molar-refractivity contribution is 0.413. The molecule has 0 bridgehead atoms. The van der Waals surface area contributed by atoms with Crippen LogP contribution in [-0.4, -0.2) is 18.3 Å². The van der Waals surface area contributed by atoms with Crippen LogP contribution in [0.2, 0.25) is 5.15 Å². The third-order valence-corrected chi connectivity index (χ3v) is 3.08. The molecule has 0 aromatic carbocycles. The lowest BCUT2D eigenvalue weighted by atomic mass is 10.3. The fourth-order valence-corrected chi connectivity index (χ4v) is 2.06. The summed E-state index contributed by atoms with van der Waals surface area (Å²) in [5.41, 5.74) is 0.959. The summed E-state index contributed by atoms with van der Waals surface area (Å²) in [7, 11) is 1.23. The number of halogens is 1. The molecule has 4 nitrogen and oxygen atoms in total. The van der Waals surface area contributed by atoms with Crippen LogP contribution in [0.3, 0.4) is 0 Å². The average molecular weight is 244 g/mol. The maximum absolute atomic E-state index is 8.39. The van der Waals surface area contributed by atoms with Gasteiger partial charge in [-0.05, 0) is 17.9 Å². The minimum absolute atomic E-state index is 0.313. The van der Waals surface area contributed by atoms with Gasteiger partial charge in [0.1, 0.15) is 0 Å². The Labute approximate surface area is 95.9 Å². The second-order valence-electron chi connectivity index (χ2n) is 2.77. The van der Waals surface area contributed by atoms with Gasteiger partial charge in [-0.15, -0.1) is 0 Å². The zero-order chi connectivity index (χ0) is 11.3. The molecule has 80 valence electrons. The molecule has 0 N–H and O–H groups in total. The van der Waals surface area contributed by atoms with Gasteiger partial charge in [0.15, 0.2) is 10.9 Å². The number of ether oxygens (including phenoxy) is 1. The van der Waals surface area contributed by atoms with Gasteiger partial charge in [-0.1, -0.05) is 22.3 Å². The van der Waals surface area contributed by atoms with Gasteiger partial charge in [0.25, 0.3) is 0 Å². The Hall–Kier alpha value is -1.12. The van der Waals surface area contributed by atoms with Crippen molar-refractivity contribution in [2.24, 2.45) is 4.36 Å². The van der Waals surface area contributed by atoms with Crippen LogP contribution in [0, 0.1) is 11.5 Å². The maximum atomic E-state index is 8.39. The van der Waals surface area contributed by atoms with E-state index < -0.39 is 0 Å². The minimum atomic E-state index is -0.313. The molecule has 0 radical (unpaired) electrons. The fraction of sp³-hybridized carbons (Fsp3) is 0.333. The molecule has 0 fully saturated rings. The zero-order valence-corrected chi connectivity index (χ0v) is 9.97. The number of aromatic nitrogens is 1. The van der Waals surface area contributed by atoms with Crippen molar-refractivity contribution in [2.75, 3.05) is 13.4 Å². The Kier molecular flexibility index (Phi) is 4.53. The molecule has 1 rings (SSSR count). The van der Waals surface area contributed by atoms with Gasteiger partial charge in [0.05, 0.1) is 7.11 Å². The first-order chi connectivity index (χ1) is 7.17. The van der Waals surface area contributed by atoms with Gasteiger partial charge in [-0.2, -0.15) is 9.62 Å². The molecule has 1 heterocycles. The summed E-state index contributed by atoms with van der Waals surface area (Å²) < 4.78 is 8.77. The molecule has 0 spiro atoms. The van der Waals surface area contributed by atoms with Crippen LogP contribution in [0.5, 0.6) is 5.75 Å². The van der Waals surface area contributed by atoms with Crippen LogP contribution in [0.15, 0.2) is 16.6 Å². The highest BCUT2D eigenvalue weighted by Gasteiger charge is 2.03. The van der Waals surface area contributed by atoms with Crippen molar-refractivity contribution < 1.29 is 4.74 Å². The molecular formula is C9H10ClN3OS. The highest BCUT2D eigenvalue weighted by atomic mass is 35.5. The van der Waals surface area contributed by atoms with Crippen LogP contribution < -0.4 is 4.74 Å². The number of methoxy groups -OCH3 is 1. The third-order valence-electron chi connectivity index (χ3n) is 1.66. The molecule has 0 saturated heterocycles. The molecule has 0 aliphatic rings. The van der Waals surface area contributed by atoms with Crippen molar-refractivity contribution in [3.05, 3.63) is 23.0 Å². The van der Waals surface area contributed by atoms with E-state index in [0.29, 0.717) is 16.7 Å². The van der Waals surface area contributed by atoms with Crippen LogP contribution in [0.25, 0.3) is 0 Å². The second kappa shape index (κ2) is 5.69. The third kappa shape index (κ3) is 3.50. The van der Waals surface area contributed by atoms with E-state index in [0.717, 1.165) is 5.56 Å². The summed E-state index contributed by atoms with van der Waals surface area (Å²) in [4.78, 5) is 3.98. The van der Waals surface area contributed by atoms with E-state index in [4.69, 9.17) is 21.6 Å². The minimum Gasteiger partial charge on any atom is -0.494 e. The van der Waals surface area contributed by atoms with Gasteiger partial charge in [-0.25, -0.2) is 4.98 Å².